The molecule has 0 aliphatic carbocycles. The topological polar surface area (TPSA) is 72.9 Å². The van der Waals surface area contributed by atoms with Crippen LogP contribution in [0.1, 0.15) is 36.0 Å². The first kappa shape index (κ1) is 21.7. The lowest BCUT2D eigenvalue weighted by atomic mass is 10.0. The van der Waals surface area contributed by atoms with Crippen molar-refractivity contribution >= 4 is 15.7 Å². The molecule has 1 amide bonds. The van der Waals surface area contributed by atoms with Gasteiger partial charge in [-0.25, -0.2) is 8.42 Å². The van der Waals surface area contributed by atoms with Crippen LogP contribution in [0.3, 0.4) is 0 Å². The predicted molar refractivity (Wildman–Crippen MR) is 120 cm³/mol. The average molecular weight is 444 g/mol. The SMILES string of the molecule is COc1cc(OCC2CCS(=O)(=O)C2)cc(-c2cccc(C(=O)N3CCCCC3)c2)c1. The summed E-state index contributed by atoms with van der Waals surface area (Å²) in [5, 5.41) is 0. The third-order valence-corrected chi connectivity index (χ3v) is 7.85. The third-order valence-electron chi connectivity index (χ3n) is 6.01. The van der Waals surface area contributed by atoms with E-state index in [1.807, 2.05) is 41.3 Å². The van der Waals surface area contributed by atoms with Crippen molar-refractivity contribution in [2.75, 3.05) is 38.3 Å². The Hall–Kier alpha value is -2.54. The van der Waals surface area contributed by atoms with Crippen LogP contribution in [0.15, 0.2) is 42.5 Å². The zero-order valence-electron chi connectivity index (χ0n) is 17.9. The molecule has 2 aliphatic heterocycles. The molecule has 0 N–H and O–H groups in total. The summed E-state index contributed by atoms with van der Waals surface area (Å²) >= 11 is 0. The molecule has 6 nitrogen and oxygen atoms in total. The molecule has 2 fully saturated rings. The van der Waals surface area contributed by atoms with Crippen molar-refractivity contribution in [2.24, 2.45) is 5.92 Å². The van der Waals surface area contributed by atoms with Crippen LogP contribution in [0.25, 0.3) is 11.1 Å². The summed E-state index contributed by atoms with van der Waals surface area (Å²) in [6, 6.07) is 13.3. The van der Waals surface area contributed by atoms with Crippen LogP contribution in [-0.2, 0) is 9.84 Å². The molecule has 7 heteroatoms. The highest BCUT2D eigenvalue weighted by Crippen LogP contribution is 2.31. The van der Waals surface area contributed by atoms with Crippen molar-refractivity contribution in [1.82, 2.24) is 4.90 Å². The van der Waals surface area contributed by atoms with Gasteiger partial charge in [0.2, 0.25) is 0 Å². The van der Waals surface area contributed by atoms with Crippen LogP contribution in [-0.4, -0.2) is 57.5 Å². The second-order valence-electron chi connectivity index (χ2n) is 8.41. The third kappa shape index (κ3) is 5.39. The Balaban J connectivity index is 1.53. The molecule has 2 heterocycles. The second-order valence-corrected chi connectivity index (χ2v) is 10.6. The van der Waals surface area contributed by atoms with Gasteiger partial charge in [-0.3, -0.25) is 4.79 Å². The van der Waals surface area contributed by atoms with E-state index >= 15 is 0 Å². The fourth-order valence-corrected chi connectivity index (χ4v) is 6.11. The van der Waals surface area contributed by atoms with Gasteiger partial charge >= 0.3 is 0 Å². The van der Waals surface area contributed by atoms with Crippen LogP contribution >= 0.6 is 0 Å². The highest BCUT2D eigenvalue weighted by Gasteiger charge is 2.28. The Bertz CT molecular complexity index is 1040. The van der Waals surface area contributed by atoms with E-state index in [-0.39, 0.29) is 23.3 Å². The first-order valence-corrected chi connectivity index (χ1v) is 12.7. The highest BCUT2D eigenvalue weighted by atomic mass is 32.2. The van der Waals surface area contributed by atoms with Crippen LogP contribution in [0, 0.1) is 5.92 Å². The molecule has 1 atom stereocenters. The summed E-state index contributed by atoms with van der Waals surface area (Å²) in [6.45, 7) is 1.99. The van der Waals surface area contributed by atoms with Gasteiger partial charge in [-0.2, -0.15) is 0 Å². The van der Waals surface area contributed by atoms with Gasteiger partial charge in [0.25, 0.3) is 5.91 Å². The van der Waals surface area contributed by atoms with Crippen molar-refractivity contribution in [2.45, 2.75) is 25.7 Å². The maximum absolute atomic E-state index is 12.9. The number of hydrogen-bond acceptors (Lipinski definition) is 5. The maximum Gasteiger partial charge on any atom is 0.253 e. The van der Waals surface area contributed by atoms with Crippen LogP contribution in [0.5, 0.6) is 11.5 Å². The Morgan fingerprint density at radius 1 is 1.03 bits per heavy atom. The molecule has 0 spiro atoms. The quantitative estimate of drug-likeness (QED) is 0.679. The molecular weight excluding hydrogens is 414 g/mol. The summed E-state index contributed by atoms with van der Waals surface area (Å²) in [5.41, 5.74) is 2.48. The van der Waals surface area contributed by atoms with Gasteiger partial charge in [-0.05, 0) is 61.1 Å². The number of likely N-dealkylation sites (tertiary alicyclic amines) is 1. The number of nitrogens with zero attached hydrogens (tertiary/aromatic N) is 1. The Kier molecular flexibility index (Phi) is 6.51. The van der Waals surface area contributed by atoms with Gasteiger partial charge in [0.15, 0.2) is 9.84 Å². The summed E-state index contributed by atoms with van der Waals surface area (Å²) in [7, 11) is -1.33. The van der Waals surface area contributed by atoms with E-state index in [0.717, 1.165) is 37.1 Å². The lowest BCUT2D eigenvalue weighted by Crippen LogP contribution is -2.35. The number of hydrogen-bond donors (Lipinski definition) is 0. The molecule has 0 aromatic heterocycles. The number of methoxy groups -OCH3 is 1. The van der Waals surface area contributed by atoms with Gasteiger partial charge in [-0.1, -0.05) is 12.1 Å². The van der Waals surface area contributed by atoms with Crippen LogP contribution in [0.2, 0.25) is 0 Å². The largest absolute Gasteiger partial charge is 0.497 e. The number of carbonyl (C=O) groups is 1. The average Bonchev–Trinajstić information content (AvgIpc) is 3.16. The van der Waals surface area contributed by atoms with E-state index in [0.29, 0.717) is 30.1 Å². The van der Waals surface area contributed by atoms with Gasteiger partial charge in [0.05, 0.1) is 25.2 Å². The van der Waals surface area contributed by atoms with Crippen molar-refractivity contribution in [3.05, 3.63) is 48.0 Å². The zero-order chi connectivity index (χ0) is 21.8. The predicted octanol–water partition coefficient (Wildman–Crippen LogP) is 3.80. The number of ether oxygens (including phenoxy) is 2. The fraction of sp³-hybridized carbons (Fsp3) is 0.458. The zero-order valence-corrected chi connectivity index (χ0v) is 18.7. The minimum absolute atomic E-state index is 0.0187. The number of amides is 1. The van der Waals surface area contributed by atoms with Crippen molar-refractivity contribution in [3.63, 3.8) is 0 Å². The molecule has 2 aromatic rings. The molecule has 2 aliphatic rings. The van der Waals surface area contributed by atoms with E-state index in [4.69, 9.17) is 9.47 Å². The van der Waals surface area contributed by atoms with E-state index in [2.05, 4.69) is 0 Å². The molecule has 0 bridgehead atoms. The summed E-state index contributed by atoms with van der Waals surface area (Å²) in [5.74, 6) is 1.80. The van der Waals surface area contributed by atoms with Gasteiger partial charge in [-0.15, -0.1) is 0 Å². The number of benzene rings is 2. The molecule has 166 valence electrons. The van der Waals surface area contributed by atoms with Crippen molar-refractivity contribution < 1.29 is 22.7 Å². The first-order valence-electron chi connectivity index (χ1n) is 10.9. The number of carbonyl (C=O) groups excluding carboxylic acids is 1. The van der Waals surface area contributed by atoms with Crippen LogP contribution < -0.4 is 9.47 Å². The molecule has 2 aromatic carbocycles. The van der Waals surface area contributed by atoms with Crippen LogP contribution in [0.4, 0.5) is 0 Å². The standard InChI is InChI=1S/C24H29NO5S/c1-29-22-13-21(14-23(15-22)30-16-18-8-11-31(27,28)17-18)19-6-5-7-20(12-19)24(26)25-9-3-2-4-10-25/h5-7,12-15,18H,2-4,8-11,16-17H2,1H3. The van der Waals surface area contributed by atoms with Crippen molar-refractivity contribution in [3.8, 4) is 22.6 Å². The second kappa shape index (κ2) is 9.30. The monoisotopic (exact) mass is 443 g/mol. The fourth-order valence-electron chi connectivity index (χ4n) is 4.27. The van der Waals surface area contributed by atoms with E-state index in [1.165, 1.54) is 6.42 Å². The molecule has 31 heavy (non-hydrogen) atoms. The molecule has 4 rings (SSSR count). The van der Waals surface area contributed by atoms with E-state index in [9.17, 15) is 13.2 Å². The van der Waals surface area contributed by atoms with Gasteiger partial charge in [0, 0.05) is 30.6 Å². The van der Waals surface area contributed by atoms with Gasteiger partial charge in [0.1, 0.15) is 11.5 Å². The normalized spacial score (nSPS) is 20.4. The maximum atomic E-state index is 12.9. The van der Waals surface area contributed by atoms with Gasteiger partial charge < -0.3 is 14.4 Å². The molecular formula is C24H29NO5S. The Morgan fingerprint density at radius 2 is 1.81 bits per heavy atom. The molecule has 1 unspecified atom stereocenters. The molecule has 2 saturated heterocycles. The summed E-state index contributed by atoms with van der Waals surface area (Å²) in [4.78, 5) is 14.8. The Morgan fingerprint density at radius 3 is 2.52 bits per heavy atom. The smallest absolute Gasteiger partial charge is 0.253 e. The number of piperidine rings is 1. The van der Waals surface area contributed by atoms with E-state index in [1.54, 1.807) is 13.2 Å². The summed E-state index contributed by atoms with van der Waals surface area (Å²) in [6.07, 6.45) is 3.94. The van der Waals surface area contributed by atoms with E-state index < -0.39 is 9.84 Å². The minimum atomic E-state index is -2.93. The lowest BCUT2D eigenvalue weighted by Gasteiger charge is -2.26. The molecule has 0 radical (unpaired) electrons. The summed E-state index contributed by atoms with van der Waals surface area (Å²) < 4.78 is 34.8. The lowest BCUT2D eigenvalue weighted by molar-refractivity contribution is 0.0724. The number of sulfone groups is 1. The minimum Gasteiger partial charge on any atom is -0.497 e. The first-order chi connectivity index (χ1) is 14.9. The number of rotatable bonds is 6. The highest BCUT2D eigenvalue weighted by molar-refractivity contribution is 7.91. The Labute approximate surface area is 184 Å². The molecule has 0 saturated carbocycles. The van der Waals surface area contributed by atoms with Crippen molar-refractivity contribution in [1.29, 1.82) is 0 Å².